The van der Waals surface area contributed by atoms with Gasteiger partial charge in [-0.1, -0.05) is 13.3 Å². The Balaban J connectivity index is 3.09. The van der Waals surface area contributed by atoms with E-state index < -0.39 is 9.05 Å². The maximum atomic E-state index is 10.5. The van der Waals surface area contributed by atoms with Gasteiger partial charge >= 0.3 is 0 Å². The summed E-state index contributed by atoms with van der Waals surface area (Å²) < 4.78 is 26.2. The van der Waals surface area contributed by atoms with Crippen LogP contribution in [-0.2, 0) is 13.8 Å². The summed E-state index contributed by atoms with van der Waals surface area (Å²) in [5.74, 6) is 0.0473. The molecule has 0 rings (SSSR count). The Bertz CT molecular complexity index is 201. The fourth-order valence-corrected chi connectivity index (χ4v) is 1.70. The highest BCUT2D eigenvalue weighted by atomic mass is 35.7. The molecular weight excluding hydrogens is 212 g/mol. The maximum Gasteiger partial charge on any atom is 0.232 e. The molecule has 0 unspecified atom stereocenters. The van der Waals surface area contributed by atoms with E-state index in [9.17, 15) is 8.42 Å². The van der Waals surface area contributed by atoms with Crippen LogP contribution in [0, 0.1) is 0 Å². The third kappa shape index (κ3) is 12.2. The molecule has 13 heavy (non-hydrogen) atoms. The SMILES string of the molecule is CCCCOCCCCS(=O)(=O)Cl. The minimum Gasteiger partial charge on any atom is -0.381 e. The minimum absolute atomic E-state index is 0.0473. The second-order valence-electron chi connectivity index (χ2n) is 2.92. The zero-order valence-electron chi connectivity index (χ0n) is 7.96. The third-order valence-corrected chi connectivity index (χ3v) is 2.81. The monoisotopic (exact) mass is 228 g/mol. The van der Waals surface area contributed by atoms with Crippen LogP contribution in [-0.4, -0.2) is 27.4 Å². The number of hydrogen-bond donors (Lipinski definition) is 0. The lowest BCUT2D eigenvalue weighted by Gasteiger charge is -2.01. The highest BCUT2D eigenvalue weighted by molar-refractivity contribution is 8.13. The lowest BCUT2D eigenvalue weighted by atomic mass is 10.3. The van der Waals surface area contributed by atoms with E-state index in [0.29, 0.717) is 13.0 Å². The van der Waals surface area contributed by atoms with Crippen molar-refractivity contribution in [3.8, 4) is 0 Å². The molecule has 0 radical (unpaired) electrons. The van der Waals surface area contributed by atoms with Crippen molar-refractivity contribution in [2.75, 3.05) is 19.0 Å². The van der Waals surface area contributed by atoms with Crippen LogP contribution in [0.5, 0.6) is 0 Å². The summed E-state index contributed by atoms with van der Waals surface area (Å²) >= 11 is 0. The summed E-state index contributed by atoms with van der Waals surface area (Å²) in [7, 11) is 1.72. The summed E-state index contributed by atoms with van der Waals surface area (Å²) in [5, 5.41) is 0. The highest BCUT2D eigenvalue weighted by Gasteiger charge is 2.03. The third-order valence-electron chi connectivity index (χ3n) is 1.57. The van der Waals surface area contributed by atoms with Gasteiger partial charge in [0, 0.05) is 23.9 Å². The smallest absolute Gasteiger partial charge is 0.232 e. The van der Waals surface area contributed by atoms with Gasteiger partial charge < -0.3 is 4.74 Å². The van der Waals surface area contributed by atoms with Gasteiger partial charge in [0.05, 0.1) is 5.75 Å². The van der Waals surface area contributed by atoms with Crippen molar-refractivity contribution in [1.29, 1.82) is 0 Å². The molecule has 5 heteroatoms. The molecule has 0 aromatic carbocycles. The van der Waals surface area contributed by atoms with Crippen molar-refractivity contribution in [3.05, 3.63) is 0 Å². The van der Waals surface area contributed by atoms with E-state index in [4.69, 9.17) is 15.4 Å². The summed E-state index contributed by atoms with van der Waals surface area (Å²) in [4.78, 5) is 0. The van der Waals surface area contributed by atoms with Gasteiger partial charge in [-0.25, -0.2) is 8.42 Å². The van der Waals surface area contributed by atoms with Crippen molar-refractivity contribution in [1.82, 2.24) is 0 Å². The van der Waals surface area contributed by atoms with Crippen LogP contribution in [0.25, 0.3) is 0 Å². The van der Waals surface area contributed by atoms with Crippen LogP contribution in [0.15, 0.2) is 0 Å². The summed E-state index contributed by atoms with van der Waals surface area (Å²) in [6.45, 7) is 3.50. The molecule has 0 aliphatic rings. The zero-order chi connectivity index (χ0) is 10.2. The predicted octanol–water partition coefficient (Wildman–Crippen LogP) is 2.15. The van der Waals surface area contributed by atoms with Crippen molar-refractivity contribution in [2.45, 2.75) is 32.6 Å². The van der Waals surface area contributed by atoms with Crippen molar-refractivity contribution in [3.63, 3.8) is 0 Å². The van der Waals surface area contributed by atoms with Crippen LogP contribution in [0.1, 0.15) is 32.6 Å². The number of hydrogen-bond acceptors (Lipinski definition) is 3. The number of unbranched alkanes of at least 4 members (excludes halogenated alkanes) is 2. The molecule has 0 fully saturated rings. The fraction of sp³-hybridized carbons (Fsp3) is 1.00. The molecule has 0 aromatic heterocycles. The first kappa shape index (κ1) is 13.2. The topological polar surface area (TPSA) is 43.4 Å². The quantitative estimate of drug-likeness (QED) is 0.472. The zero-order valence-corrected chi connectivity index (χ0v) is 9.53. The highest BCUT2D eigenvalue weighted by Crippen LogP contribution is 2.01. The van der Waals surface area contributed by atoms with Crippen molar-refractivity contribution in [2.24, 2.45) is 0 Å². The largest absolute Gasteiger partial charge is 0.381 e. The molecule has 0 atom stereocenters. The molecule has 3 nitrogen and oxygen atoms in total. The van der Waals surface area contributed by atoms with Gasteiger partial charge in [0.25, 0.3) is 0 Å². The lowest BCUT2D eigenvalue weighted by Crippen LogP contribution is -2.01. The Morgan fingerprint density at radius 1 is 1.15 bits per heavy atom. The molecule has 0 bridgehead atoms. The molecule has 0 saturated carbocycles. The Kier molecular flexibility index (Phi) is 7.71. The van der Waals surface area contributed by atoms with Crippen LogP contribution in [0.4, 0.5) is 0 Å². The normalized spacial score (nSPS) is 11.8. The summed E-state index contributed by atoms with van der Waals surface area (Å²) in [6.07, 6.45) is 3.53. The first-order valence-corrected chi connectivity index (χ1v) is 7.04. The molecule has 0 heterocycles. The Morgan fingerprint density at radius 2 is 1.77 bits per heavy atom. The average Bonchev–Trinajstić information content (AvgIpc) is 2.01. The number of rotatable bonds is 8. The van der Waals surface area contributed by atoms with E-state index in [2.05, 4.69) is 6.92 Å². The standard InChI is InChI=1S/C8H17ClO3S/c1-2-3-6-12-7-4-5-8-13(9,10)11/h2-8H2,1H3. The van der Waals surface area contributed by atoms with E-state index in [0.717, 1.165) is 25.9 Å². The Hall–Kier alpha value is 0.200. The average molecular weight is 229 g/mol. The number of halogens is 1. The fourth-order valence-electron chi connectivity index (χ4n) is 0.827. The van der Waals surface area contributed by atoms with Crippen LogP contribution >= 0.6 is 10.7 Å². The lowest BCUT2D eigenvalue weighted by molar-refractivity contribution is 0.128. The van der Waals surface area contributed by atoms with E-state index >= 15 is 0 Å². The van der Waals surface area contributed by atoms with Crippen molar-refractivity contribution >= 4 is 19.7 Å². The molecule has 0 amide bonds. The maximum absolute atomic E-state index is 10.5. The molecular formula is C8H17ClO3S. The van der Waals surface area contributed by atoms with E-state index in [1.807, 2.05) is 0 Å². The van der Waals surface area contributed by atoms with E-state index in [1.54, 1.807) is 0 Å². The second kappa shape index (κ2) is 7.59. The first-order valence-electron chi connectivity index (χ1n) is 4.56. The van der Waals surface area contributed by atoms with Gasteiger partial charge in [0.1, 0.15) is 0 Å². The van der Waals surface area contributed by atoms with Crippen molar-refractivity contribution < 1.29 is 13.2 Å². The molecule has 0 aliphatic heterocycles. The molecule has 0 aromatic rings. The van der Waals surface area contributed by atoms with Crippen LogP contribution in [0.2, 0.25) is 0 Å². The molecule has 0 aliphatic carbocycles. The number of ether oxygens (including phenoxy) is 1. The van der Waals surface area contributed by atoms with Crippen LogP contribution < -0.4 is 0 Å². The van der Waals surface area contributed by atoms with E-state index in [1.165, 1.54) is 0 Å². The van der Waals surface area contributed by atoms with Gasteiger partial charge in [-0.15, -0.1) is 0 Å². The van der Waals surface area contributed by atoms with E-state index in [-0.39, 0.29) is 5.75 Å². The minimum atomic E-state index is -3.30. The predicted molar refractivity (Wildman–Crippen MR) is 54.6 cm³/mol. The van der Waals surface area contributed by atoms with Gasteiger partial charge in [-0.3, -0.25) is 0 Å². The van der Waals surface area contributed by atoms with Gasteiger partial charge in [-0.2, -0.15) is 0 Å². The first-order chi connectivity index (χ1) is 6.06. The molecule has 0 N–H and O–H groups in total. The second-order valence-corrected chi connectivity index (χ2v) is 5.81. The molecule has 0 saturated heterocycles. The molecule has 0 spiro atoms. The summed E-state index contributed by atoms with van der Waals surface area (Å²) in [5.41, 5.74) is 0. The van der Waals surface area contributed by atoms with Gasteiger partial charge in [0.15, 0.2) is 0 Å². The Labute approximate surface area is 84.8 Å². The van der Waals surface area contributed by atoms with Crippen LogP contribution in [0.3, 0.4) is 0 Å². The summed E-state index contributed by atoms with van der Waals surface area (Å²) in [6, 6.07) is 0. The molecule has 80 valence electrons. The Morgan fingerprint density at radius 3 is 2.31 bits per heavy atom. The van der Waals surface area contributed by atoms with Gasteiger partial charge in [0.2, 0.25) is 9.05 Å². The van der Waals surface area contributed by atoms with Gasteiger partial charge in [-0.05, 0) is 19.3 Å².